The summed E-state index contributed by atoms with van der Waals surface area (Å²) in [7, 11) is 3.21. The van der Waals surface area contributed by atoms with E-state index in [1.165, 1.54) is 7.11 Å². The van der Waals surface area contributed by atoms with Crippen molar-refractivity contribution in [2.24, 2.45) is 0 Å². The van der Waals surface area contributed by atoms with Gasteiger partial charge in [-0.2, -0.15) is 10.4 Å². The van der Waals surface area contributed by atoms with Gasteiger partial charge in [-0.1, -0.05) is 19.6 Å². The van der Waals surface area contributed by atoms with E-state index in [-0.39, 0.29) is 0 Å². The molecule has 1 N–H and O–H groups in total. The lowest BCUT2D eigenvalue weighted by molar-refractivity contribution is 0.371. The van der Waals surface area contributed by atoms with Gasteiger partial charge in [-0.05, 0) is 36.2 Å². The van der Waals surface area contributed by atoms with Crippen molar-refractivity contribution in [3.05, 3.63) is 59.8 Å². The molecule has 2 heterocycles. The molecule has 0 bridgehead atoms. The van der Waals surface area contributed by atoms with Crippen LogP contribution in [0.3, 0.4) is 0 Å². The normalized spacial score (nSPS) is 10.8. The van der Waals surface area contributed by atoms with Gasteiger partial charge < -0.3 is 9.47 Å². The van der Waals surface area contributed by atoms with Crippen molar-refractivity contribution >= 4 is 27.6 Å². The van der Waals surface area contributed by atoms with E-state index in [1.54, 1.807) is 19.4 Å². The molecule has 0 unspecified atom stereocenters. The molecule has 0 amide bonds. The van der Waals surface area contributed by atoms with Gasteiger partial charge in [0.05, 0.1) is 43.1 Å². The van der Waals surface area contributed by atoms with E-state index >= 15 is 0 Å². The quantitative estimate of drug-likeness (QED) is 0.498. The minimum Gasteiger partial charge on any atom is -0.497 e. The Hall–Kier alpha value is -3.85. The number of aryl methyl sites for hydroxylation is 1. The van der Waals surface area contributed by atoms with Crippen LogP contribution < -0.4 is 4.74 Å². The van der Waals surface area contributed by atoms with E-state index in [2.05, 4.69) is 40.8 Å². The number of rotatable bonds is 5. The van der Waals surface area contributed by atoms with Gasteiger partial charge in [-0.15, -0.1) is 0 Å². The lowest BCUT2D eigenvalue weighted by Crippen LogP contribution is -1.94. The number of benzene rings is 2. The fraction of sp³-hybridized carbons (Fsp3) is 0.174. The maximum absolute atomic E-state index is 9.41. The lowest BCUT2D eigenvalue weighted by atomic mass is 9.98. The van der Waals surface area contributed by atoms with E-state index in [0.717, 1.165) is 50.8 Å². The van der Waals surface area contributed by atoms with Crippen molar-refractivity contribution in [3.63, 3.8) is 0 Å². The summed E-state index contributed by atoms with van der Waals surface area (Å²) in [5.41, 5.74) is 5.59. The number of ether oxygens (including phenoxy) is 2. The molecule has 0 aliphatic heterocycles. The number of pyridine rings is 1. The average molecular weight is 384 g/mol. The summed E-state index contributed by atoms with van der Waals surface area (Å²) < 4.78 is 10.9. The second kappa shape index (κ2) is 7.28. The molecule has 0 aliphatic rings. The molecule has 0 saturated carbocycles. The summed E-state index contributed by atoms with van der Waals surface area (Å²) in [6, 6.07) is 11.8. The SMILES string of the molecule is C=C(OC)c1cc(-c2n[nH]c3cnc4cc(CC)c(OC)cc4c23)ccc1C#N. The molecule has 2 aromatic carbocycles. The molecule has 4 aromatic rings. The molecular formula is C23H20N4O2. The molecule has 0 aliphatic carbocycles. The molecule has 0 atom stereocenters. The van der Waals surface area contributed by atoms with Crippen LogP contribution in [0.15, 0.2) is 43.1 Å². The Morgan fingerprint density at radius 1 is 1.24 bits per heavy atom. The fourth-order valence-electron chi connectivity index (χ4n) is 3.58. The predicted octanol–water partition coefficient (Wildman–Crippen LogP) is 4.84. The summed E-state index contributed by atoms with van der Waals surface area (Å²) in [6.45, 7) is 5.99. The Labute approximate surface area is 168 Å². The number of nitriles is 1. The van der Waals surface area contributed by atoms with Crippen LogP contribution in [0.4, 0.5) is 0 Å². The number of aromatic nitrogens is 3. The first kappa shape index (κ1) is 18.5. The van der Waals surface area contributed by atoms with Crippen molar-refractivity contribution in [1.82, 2.24) is 15.2 Å². The largest absolute Gasteiger partial charge is 0.497 e. The Balaban J connectivity index is 2.01. The van der Waals surface area contributed by atoms with Crippen molar-refractivity contribution < 1.29 is 9.47 Å². The van der Waals surface area contributed by atoms with Gasteiger partial charge in [0.2, 0.25) is 0 Å². The highest BCUT2D eigenvalue weighted by Gasteiger charge is 2.17. The Morgan fingerprint density at radius 3 is 2.76 bits per heavy atom. The summed E-state index contributed by atoms with van der Waals surface area (Å²) in [6.07, 6.45) is 2.65. The summed E-state index contributed by atoms with van der Waals surface area (Å²) >= 11 is 0. The zero-order valence-electron chi connectivity index (χ0n) is 16.5. The van der Waals surface area contributed by atoms with Crippen molar-refractivity contribution in [3.8, 4) is 23.1 Å². The average Bonchev–Trinajstić information content (AvgIpc) is 3.21. The maximum Gasteiger partial charge on any atom is 0.122 e. The van der Waals surface area contributed by atoms with Gasteiger partial charge in [-0.25, -0.2) is 0 Å². The smallest absolute Gasteiger partial charge is 0.122 e. The zero-order valence-corrected chi connectivity index (χ0v) is 16.5. The maximum atomic E-state index is 9.41. The minimum atomic E-state index is 0.434. The van der Waals surface area contributed by atoms with Crippen molar-refractivity contribution in [1.29, 1.82) is 5.26 Å². The van der Waals surface area contributed by atoms with E-state index in [9.17, 15) is 5.26 Å². The van der Waals surface area contributed by atoms with Crippen LogP contribution in [0.1, 0.15) is 23.6 Å². The second-order valence-corrected chi connectivity index (χ2v) is 6.65. The number of aromatic amines is 1. The van der Waals surface area contributed by atoms with Gasteiger partial charge in [0.1, 0.15) is 17.2 Å². The Bertz CT molecular complexity index is 1300. The minimum absolute atomic E-state index is 0.434. The van der Waals surface area contributed by atoms with Gasteiger partial charge in [0.25, 0.3) is 0 Å². The molecule has 0 fully saturated rings. The van der Waals surface area contributed by atoms with Crippen LogP contribution >= 0.6 is 0 Å². The van der Waals surface area contributed by atoms with Gasteiger partial charge in [0.15, 0.2) is 0 Å². The first-order valence-electron chi connectivity index (χ1n) is 9.22. The number of nitrogens with zero attached hydrogens (tertiary/aromatic N) is 3. The highest BCUT2D eigenvalue weighted by atomic mass is 16.5. The number of nitrogens with one attached hydrogen (secondary N) is 1. The third-order valence-electron chi connectivity index (χ3n) is 5.14. The highest BCUT2D eigenvalue weighted by Crippen LogP contribution is 2.36. The molecule has 29 heavy (non-hydrogen) atoms. The van der Waals surface area contributed by atoms with E-state index in [0.29, 0.717) is 16.9 Å². The fourth-order valence-corrected chi connectivity index (χ4v) is 3.58. The topological polar surface area (TPSA) is 83.8 Å². The highest BCUT2D eigenvalue weighted by molar-refractivity contribution is 6.11. The van der Waals surface area contributed by atoms with Crippen molar-refractivity contribution in [2.45, 2.75) is 13.3 Å². The van der Waals surface area contributed by atoms with Crippen LogP contribution in [0.25, 0.3) is 38.8 Å². The summed E-state index contributed by atoms with van der Waals surface area (Å²) in [5.74, 6) is 1.26. The number of hydrogen-bond acceptors (Lipinski definition) is 5. The van der Waals surface area contributed by atoms with Gasteiger partial charge in [0, 0.05) is 21.9 Å². The number of methoxy groups -OCH3 is 2. The van der Waals surface area contributed by atoms with Crippen LogP contribution in [0.2, 0.25) is 0 Å². The molecular weight excluding hydrogens is 364 g/mol. The third kappa shape index (κ3) is 2.97. The number of H-pyrrole nitrogens is 1. The second-order valence-electron chi connectivity index (χ2n) is 6.65. The molecule has 0 saturated heterocycles. The van der Waals surface area contributed by atoms with Crippen LogP contribution in [-0.4, -0.2) is 29.4 Å². The first-order chi connectivity index (χ1) is 14.1. The van der Waals surface area contributed by atoms with Gasteiger partial charge in [-0.3, -0.25) is 10.1 Å². The van der Waals surface area contributed by atoms with Crippen LogP contribution in [0.5, 0.6) is 5.75 Å². The van der Waals surface area contributed by atoms with E-state index < -0.39 is 0 Å². The van der Waals surface area contributed by atoms with E-state index in [1.807, 2.05) is 18.2 Å². The Morgan fingerprint density at radius 2 is 2.07 bits per heavy atom. The van der Waals surface area contributed by atoms with Gasteiger partial charge >= 0.3 is 0 Å². The summed E-state index contributed by atoms with van der Waals surface area (Å²) in [4.78, 5) is 4.58. The molecule has 0 radical (unpaired) electrons. The number of fused-ring (bicyclic) bond motifs is 3. The van der Waals surface area contributed by atoms with E-state index in [4.69, 9.17) is 9.47 Å². The van der Waals surface area contributed by atoms with Crippen molar-refractivity contribution in [2.75, 3.05) is 14.2 Å². The standard InChI is InChI=1S/C23H20N4O2/c1-5-14-9-19-18(10-21(14)29-4)22-20(12-25-19)26-27-23(22)15-6-7-16(11-24)17(8-15)13(2)28-3/h6-10,12H,2,5H2,1,3-4H3,(H,26,27). The Kier molecular flexibility index (Phi) is 4.65. The van der Waals surface area contributed by atoms with Crippen LogP contribution in [-0.2, 0) is 11.2 Å². The molecule has 0 spiro atoms. The monoisotopic (exact) mass is 384 g/mol. The molecule has 2 aromatic heterocycles. The molecule has 4 rings (SSSR count). The lowest BCUT2D eigenvalue weighted by Gasteiger charge is -2.11. The molecule has 6 nitrogen and oxygen atoms in total. The summed E-state index contributed by atoms with van der Waals surface area (Å²) in [5, 5.41) is 18.9. The van der Waals surface area contributed by atoms with Crippen LogP contribution in [0, 0.1) is 11.3 Å². The predicted molar refractivity (Wildman–Crippen MR) is 114 cm³/mol. The molecule has 144 valence electrons. The zero-order chi connectivity index (χ0) is 20.5. The first-order valence-corrected chi connectivity index (χ1v) is 9.22. The molecule has 6 heteroatoms. The number of hydrogen-bond donors (Lipinski definition) is 1. The third-order valence-corrected chi connectivity index (χ3v) is 5.14.